The molecule has 1 amide bonds. The lowest BCUT2D eigenvalue weighted by Crippen LogP contribution is -2.19. The van der Waals surface area contributed by atoms with Crippen molar-refractivity contribution in [3.8, 4) is 0 Å². The number of halogens is 1. The predicted molar refractivity (Wildman–Crippen MR) is 82.1 cm³/mol. The molecule has 0 radical (unpaired) electrons. The van der Waals surface area contributed by atoms with Crippen LogP contribution in [0.1, 0.15) is 22.2 Å². The molecule has 0 aliphatic heterocycles. The van der Waals surface area contributed by atoms with Crippen LogP contribution in [0.2, 0.25) is 4.34 Å². The Morgan fingerprint density at radius 1 is 1.29 bits per heavy atom. The Balaban J connectivity index is 2.06. The number of carbonyl (C=O) groups excluding carboxylic acids is 1. The molecule has 1 aromatic carbocycles. The monoisotopic (exact) mass is 323 g/mol. The summed E-state index contributed by atoms with van der Waals surface area (Å²) in [5.41, 5.74) is 3.25. The van der Waals surface area contributed by atoms with E-state index >= 15 is 0 Å². The van der Waals surface area contributed by atoms with Crippen LogP contribution >= 0.6 is 22.9 Å². The minimum Gasteiger partial charge on any atom is -0.267 e. The number of nitro benzene ring substituents is 1. The number of thiophene rings is 1. The van der Waals surface area contributed by atoms with E-state index in [1.807, 2.05) is 6.07 Å². The third-order valence-electron chi connectivity index (χ3n) is 2.60. The summed E-state index contributed by atoms with van der Waals surface area (Å²) in [5, 5.41) is 14.5. The van der Waals surface area contributed by atoms with Gasteiger partial charge in [-0.05, 0) is 31.2 Å². The first kappa shape index (κ1) is 15.1. The zero-order valence-electron chi connectivity index (χ0n) is 10.9. The van der Waals surface area contributed by atoms with Crippen molar-refractivity contribution in [2.75, 3.05) is 0 Å². The quantitative estimate of drug-likeness (QED) is 0.531. The Labute approximate surface area is 129 Å². The number of nitrogens with zero attached hydrogens (tertiary/aromatic N) is 2. The number of hydrogen-bond donors (Lipinski definition) is 1. The maximum atomic E-state index is 11.9. The Bertz CT molecular complexity index is 710. The van der Waals surface area contributed by atoms with E-state index in [0.717, 1.165) is 4.88 Å². The molecule has 0 atom stereocenters. The highest BCUT2D eigenvalue weighted by atomic mass is 35.5. The molecule has 2 rings (SSSR count). The van der Waals surface area contributed by atoms with Crippen LogP contribution in [0.25, 0.3) is 0 Å². The molecule has 1 aromatic heterocycles. The van der Waals surface area contributed by atoms with Crippen molar-refractivity contribution >= 4 is 40.2 Å². The van der Waals surface area contributed by atoms with Crippen molar-refractivity contribution in [1.29, 1.82) is 0 Å². The van der Waals surface area contributed by atoms with Gasteiger partial charge < -0.3 is 0 Å². The maximum Gasteiger partial charge on any atom is 0.271 e. The van der Waals surface area contributed by atoms with Crippen LogP contribution in [0.3, 0.4) is 0 Å². The lowest BCUT2D eigenvalue weighted by atomic mass is 10.2. The molecule has 1 heterocycles. The van der Waals surface area contributed by atoms with E-state index in [0.29, 0.717) is 15.6 Å². The normalized spacial score (nSPS) is 11.2. The number of nitro groups is 1. The smallest absolute Gasteiger partial charge is 0.267 e. The molecule has 0 aliphatic carbocycles. The molecular formula is C13H10ClN3O3S. The van der Waals surface area contributed by atoms with Gasteiger partial charge in [-0.3, -0.25) is 14.9 Å². The minimum absolute atomic E-state index is 0.0699. The number of nitrogens with one attached hydrogen (secondary N) is 1. The van der Waals surface area contributed by atoms with Gasteiger partial charge in [0.2, 0.25) is 0 Å². The van der Waals surface area contributed by atoms with Crippen molar-refractivity contribution < 1.29 is 9.72 Å². The largest absolute Gasteiger partial charge is 0.271 e. The van der Waals surface area contributed by atoms with Crippen LogP contribution in [0, 0.1) is 10.1 Å². The standard InChI is InChI=1S/C13H10ClN3O3S/c1-8(11-6-7-12(14)21-11)15-16-13(18)9-2-4-10(5-3-9)17(19)20/h2-7H,1H3,(H,16,18). The summed E-state index contributed by atoms with van der Waals surface area (Å²) in [6.45, 7) is 1.75. The van der Waals surface area contributed by atoms with E-state index in [4.69, 9.17) is 11.6 Å². The molecule has 0 saturated carbocycles. The van der Waals surface area contributed by atoms with Crippen molar-refractivity contribution in [3.05, 3.63) is 61.3 Å². The lowest BCUT2D eigenvalue weighted by molar-refractivity contribution is -0.384. The summed E-state index contributed by atoms with van der Waals surface area (Å²) in [4.78, 5) is 22.7. The molecule has 0 bridgehead atoms. The highest BCUT2D eigenvalue weighted by Crippen LogP contribution is 2.21. The third kappa shape index (κ3) is 3.87. The number of benzene rings is 1. The van der Waals surface area contributed by atoms with E-state index in [9.17, 15) is 14.9 Å². The zero-order chi connectivity index (χ0) is 15.4. The molecular weight excluding hydrogens is 314 g/mol. The molecule has 6 nitrogen and oxygen atoms in total. The lowest BCUT2D eigenvalue weighted by Gasteiger charge is -2.01. The van der Waals surface area contributed by atoms with Crippen LogP contribution in [0.5, 0.6) is 0 Å². The Morgan fingerprint density at radius 3 is 2.48 bits per heavy atom. The van der Waals surface area contributed by atoms with Crippen molar-refractivity contribution in [3.63, 3.8) is 0 Å². The summed E-state index contributed by atoms with van der Waals surface area (Å²) in [6, 6.07) is 8.85. The van der Waals surface area contributed by atoms with Crippen molar-refractivity contribution in [2.24, 2.45) is 5.10 Å². The van der Waals surface area contributed by atoms with Gasteiger partial charge in [-0.2, -0.15) is 5.10 Å². The van der Waals surface area contributed by atoms with Gasteiger partial charge >= 0.3 is 0 Å². The van der Waals surface area contributed by atoms with Crippen LogP contribution < -0.4 is 5.43 Å². The molecule has 21 heavy (non-hydrogen) atoms. The second kappa shape index (κ2) is 6.47. The molecule has 0 saturated heterocycles. The van der Waals surface area contributed by atoms with E-state index in [-0.39, 0.29) is 5.69 Å². The summed E-state index contributed by atoms with van der Waals surface area (Å²) < 4.78 is 0.640. The molecule has 0 unspecified atom stereocenters. The fourth-order valence-corrected chi connectivity index (χ4v) is 2.49. The number of hydrazone groups is 1. The first-order valence-corrected chi connectivity index (χ1v) is 7.01. The van der Waals surface area contributed by atoms with E-state index in [1.165, 1.54) is 35.6 Å². The first-order chi connectivity index (χ1) is 9.97. The number of carbonyl (C=O) groups is 1. The topological polar surface area (TPSA) is 84.6 Å². The van der Waals surface area contributed by atoms with Crippen LogP contribution in [-0.2, 0) is 0 Å². The van der Waals surface area contributed by atoms with Crippen molar-refractivity contribution in [1.82, 2.24) is 5.43 Å². The van der Waals surface area contributed by atoms with Gasteiger partial charge in [-0.1, -0.05) is 11.6 Å². The highest BCUT2D eigenvalue weighted by molar-refractivity contribution is 7.18. The molecule has 0 aliphatic rings. The highest BCUT2D eigenvalue weighted by Gasteiger charge is 2.09. The van der Waals surface area contributed by atoms with Crippen molar-refractivity contribution in [2.45, 2.75) is 6.92 Å². The maximum absolute atomic E-state index is 11.9. The van der Waals surface area contributed by atoms with Gasteiger partial charge in [0, 0.05) is 17.7 Å². The Kier molecular flexibility index (Phi) is 4.66. The molecule has 0 spiro atoms. The number of non-ortho nitro benzene ring substituents is 1. The fraction of sp³-hybridized carbons (Fsp3) is 0.0769. The van der Waals surface area contributed by atoms with Crippen LogP contribution in [-0.4, -0.2) is 16.5 Å². The summed E-state index contributed by atoms with van der Waals surface area (Å²) in [5.74, 6) is -0.438. The van der Waals surface area contributed by atoms with Gasteiger partial charge in [0.25, 0.3) is 11.6 Å². The second-order valence-electron chi connectivity index (χ2n) is 4.05. The van der Waals surface area contributed by atoms with E-state index in [2.05, 4.69) is 10.5 Å². The molecule has 8 heteroatoms. The van der Waals surface area contributed by atoms with Crippen LogP contribution in [0.4, 0.5) is 5.69 Å². The van der Waals surface area contributed by atoms with Gasteiger partial charge in [0.1, 0.15) is 0 Å². The third-order valence-corrected chi connectivity index (χ3v) is 3.94. The molecule has 0 fully saturated rings. The molecule has 1 N–H and O–H groups in total. The van der Waals surface area contributed by atoms with E-state index < -0.39 is 10.8 Å². The fourth-order valence-electron chi connectivity index (χ4n) is 1.50. The summed E-state index contributed by atoms with van der Waals surface area (Å²) in [7, 11) is 0. The van der Waals surface area contributed by atoms with Gasteiger partial charge in [0.15, 0.2) is 0 Å². The van der Waals surface area contributed by atoms with Crippen LogP contribution in [0.15, 0.2) is 41.5 Å². The average molecular weight is 324 g/mol. The predicted octanol–water partition coefficient (Wildman–Crippen LogP) is 3.46. The Hall–Kier alpha value is -2.25. The van der Waals surface area contributed by atoms with Gasteiger partial charge in [-0.15, -0.1) is 11.3 Å². The van der Waals surface area contributed by atoms with Gasteiger partial charge in [-0.25, -0.2) is 5.43 Å². The first-order valence-electron chi connectivity index (χ1n) is 5.82. The molecule has 108 valence electrons. The minimum atomic E-state index is -0.523. The van der Waals surface area contributed by atoms with Gasteiger partial charge in [0.05, 0.1) is 19.8 Å². The SMILES string of the molecule is CC(=NNC(=O)c1ccc([N+](=O)[O-])cc1)c1ccc(Cl)s1. The Morgan fingerprint density at radius 2 is 1.95 bits per heavy atom. The number of amides is 1. The number of rotatable bonds is 4. The average Bonchev–Trinajstić information content (AvgIpc) is 2.91. The number of hydrogen-bond acceptors (Lipinski definition) is 5. The second-order valence-corrected chi connectivity index (χ2v) is 5.76. The molecule has 2 aromatic rings. The summed E-state index contributed by atoms with van der Waals surface area (Å²) in [6.07, 6.45) is 0. The zero-order valence-corrected chi connectivity index (χ0v) is 12.4. The van der Waals surface area contributed by atoms with E-state index in [1.54, 1.807) is 13.0 Å². The summed E-state index contributed by atoms with van der Waals surface area (Å²) >= 11 is 7.18.